The van der Waals surface area contributed by atoms with Crippen LogP contribution in [0, 0.1) is 0 Å². The molecule has 3 aliphatic carbocycles. The molecule has 11 aromatic rings. The Bertz CT molecular complexity index is 4030. The van der Waals surface area contributed by atoms with Crippen molar-refractivity contribution in [1.82, 2.24) is 0 Å². The Labute approximate surface area is 456 Å². The van der Waals surface area contributed by atoms with Crippen molar-refractivity contribution < 1.29 is 13.9 Å². The first-order valence-electron chi connectivity index (χ1n) is 28.6. The van der Waals surface area contributed by atoms with E-state index in [1.165, 1.54) is 120 Å². The molecule has 3 heterocycles. The maximum Gasteiger partial charge on any atom is 0.159 e. The molecule has 1 spiro atoms. The molecule has 0 unspecified atom stereocenters. The third-order valence-corrected chi connectivity index (χ3v) is 18.6. The lowest BCUT2D eigenvalue weighted by Gasteiger charge is -2.42. The number of rotatable bonds is 7. The van der Waals surface area contributed by atoms with Crippen molar-refractivity contribution in [2.75, 3.05) is 4.90 Å². The average Bonchev–Trinajstić information content (AvgIpc) is 3.49. The molecular formula is C74H59NO3. The molecule has 0 amide bonds. The normalized spacial score (nSPS) is 16.8. The van der Waals surface area contributed by atoms with Crippen molar-refractivity contribution in [3.05, 3.63) is 280 Å². The molecule has 4 nitrogen and oxygen atoms in total. The summed E-state index contributed by atoms with van der Waals surface area (Å²) >= 11 is 0. The fraction of sp³-hybridized carbons (Fsp3) is 0.189. The molecule has 4 heteroatoms. The van der Waals surface area contributed by atoms with Gasteiger partial charge >= 0.3 is 0 Å². The van der Waals surface area contributed by atoms with E-state index in [9.17, 15) is 0 Å². The molecule has 2 aliphatic heterocycles. The third-order valence-electron chi connectivity index (χ3n) is 18.6. The van der Waals surface area contributed by atoms with Crippen molar-refractivity contribution >= 4 is 39.0 Å². The Kier molecular flexibility index (Phi) is 10.5. The van der Waals surface area contributed by atoms with E-state index >= 15 is 0 Å². The lowest BCUT2D eigenvalue weighted by atomic mass is 9.63. The van der Waals surface area contributed by atoms with Crippen LogP contribution in [0.1, 0.15) is 132 Å². The van der Waals surface area contributed by atoms with Crippen LogP contribution in [-0.4, -0.2) is 0 Å². The lowest BCUT2D eigenvalue weighted by Crippen LogP contribution is -2.34. The number of benzene rings is 10. The number of nitrogens with zero attached hydrogens (tertiary/aromatic N) is 1. The highest BCUT2D eigenvalue weighted by molar-refractivity contribution is 6.10. The van der Waals surface area contributed by atoms with Gasteiger partial charge in [-0.1, -0.05) is 202 Å². The van der Waals surface area contributed by atoms with Crippen LogP contribution < -0.4 is 14.4 Å². The van der Waals surface area contributed by atoms with E-state index in [0.717, 1.165) is 73.1 Å². The minimum absolute atomic E-state index is 0.525. The molecule has 0 atom stereocenters. The van der Waals surface area contributed by atoms with Gasteiger partial charge in [0.15, 0.2) is 5.58 Å². The first-order chi connectivity index (χ1) is 38.7. The van der Waals surface area contributed by atoms with Gasteiger partial charge in [-0.3, -0.25) is 0 Å². The van der Waals surface area contributed by atoms with E-state index in [1.807, 2.05) is 0 Å². The standard InChI is InChI=1S/C74H59NO3/c1-5-20-48(21-6-1)50-36-41-69-63(44-50)74(64-45-51(37-42-70(64)77-69)49-22-7-2-8-23-49)60-31-15-13-28-56(60)57-40-38-54(46-62(57)74)75(66-33-19-30-59-58-29-14-17-34-67(58)78-72(59)66)55-39-43-71-65(47-55)73(52-24-9-3-10-25-52,53-26-11-4-12-27-53)61-32-16-18-35-68(61)76-71/h3-4,9-19,24-49H,1-2,5-8,20-23H2. The topological polar surface area (TPSA) is 34.8 Å². The Hall–Kier alpha value is -8.60. The molecule has 378 valence electrons. The van der Waals surface area contributed by atoms with Gasteiger partial charge in [0.1, 0.15) is 28.6 Å². The second-order valence-electron chi connectivity index (χ2n) is 22.7. The van der Waals surface area contributed by atoms with Crippen LogP contribution in [0.3, 0.4) is 0 Å². The maximum absolute atomic E-state index is 7.21. The van der Waals surface area contributed by atoms with Gasteiger partial charge in [-0.15, -0.1) is 0 Å². The zero-order valence-corrected chi connectivity index (χ0v) is 43.8. The smallest absolute Gasteiger partial charge is 0.159 e. The summed E-state index contributed by atoms with van der Waals surface area (Å²) in [5.74, 6) is 4.62. The van der Waals surface area contributed by atoms with E-state index < -0.39 is 10.8 Å². The number of fused-ring (bicyclic) bond motifs is 14. The molecule has 5 aliphatic rings. The SMILES string of the molecule is c1ccc(C2(c3ccccc3)c3ccccc3Oc3ccc(N(c4ccc5c(c4)C4(c6cc(C7CCCCC7)ccc6Oc6ccc(C7CCCCC7)cc64)c4ccccc4-5)c4cccc5c4oc4ccccc45)cc32)cc1. The fourth-order valence-electron chi connectivity index (χ4n) is 15.2. The molecule has 0 bridgehead atoms. The first kappa shape index (κ1) is 45.6. The monoisotopic (exact) mass is 1010 g/mol. The van der Waals surface area contributed by atoms with Gasteiger partial charge in [-0.25, -0.2) is 0 Å². The van der Waals surface area contributed by atoms with Gasteiger partial charge in [0.2, 0.25) is 0 Å². The Morgan fingerprint density at radius 2 is 0.846 bits per heavy atom. The van der Waals surface area contributed by atoms with E-state index in [2.05, 4.69) is 229 Å². The first-order valence-corrected chi connectivity index (χ1v) is 28.6. The van der Waals surface area contributed by atoms with Crippen molar-refractivity contribution in [3.8, 4) is 34.1 Å². The van der Waals surface area contributed by atoms with E-state index in [-0.39, 0.29) is 0 Å². The molecule has 78 heavy (non-hydrogen) atoms. The predicted molar refractivity (Wildman–Crippen MR) is 316 cm³/mol. The van der Waals surface area contributed by atoms with Gasteiger partial charge in [0.25, 0.3) is 0 Å². The summed E-state index contributed by atoms with van der Waals surface area (Å²) in [6.45, 7) is 0. The van der Waals surface area contributed by atoms with Gasteiger partial charge < -0.3 is 18.8 Å². The summed E-state index contributed by atoms with van der Waals surface area (Å²) in [6, 6.07) is 83.5. The van der Waals surface area contributed by atoms with Crippen LogP contribution >= 0.6 is 0 Å². The summed E-state index contributed by atoms with van der Waals surface area (Å²) in [5, 5.41) is 2.17. The largest absolute Gasteiger partial charge is 0.457 e. The highest BCUT2D eigenvalue weighted by Gasteiger charge is 2.52. The molecular weight excluding hydrogens is 951 g/mol. The van der Waals surface area contributed by atoms with E-state index in [0.29, 0.717) is 11.8 Å². The van der Waals surface area contributed by atoms with Crippen molar-refractivity contribution in [2.45, 2.75) is 86.9 Å². The summed E-state index contributed by atoms with van der Waals surface area (Å²) in [6.07, 6.45) is 12.6. The fourth-order valence-corrected chi connectivity index (χ4v) is 15.2. The van der Waals surface area contributed by atoms with Gasteiger partial charge in [-0.2, -0.15) is 0 Å². The second-order valence-corrected chi connectivity index (χ2v) is 22.7. The van der Waals surface area contributed by atoms with Crippen LogP contribution in [0.2, 0.25) is 0 Å². The van der Waals surface area contributed by atoms with Crippen LogP contribution in [-0.2, 0) is 10.8 Å². The number of ether oxygens (including phenoxy) is 2. The molecule has 10 aromatic carbocycles. The van der Waals surface area contributed by atoms with Gasteiger partial charge in [0, 0.05) is 44.4 Å². The van der Waals surface area contributed by atoms with Crippen LogP contribution in [0.5, 0.6) is 23.0 Å². The molecule has 1 aromatic heterocycles. The molecule has 0 saturated heterocycles. The number of furan rings is 1. The summed E-state index contributed by atoms with van der Waals surface area (Å²) in [4.78, 5) is 2.46. The van der Waals surface area contributed by atoms with Crippen molar-refractivity contribution in [2.24, 2.45) is 0 Å². The van der Waals surface area contributed by atoms with Crippen molar-refractivity contribution in [3.63, 3.8) is 0 Å². The Morgan fingerprint density at radius 1 is 0.346 bits per heavy atom. The molecule has 0 radical (unpaired) electrons. The maximum atomic E-state index is 7.21. The van der Waals surface area contributed by atoms with Crippen molar-refractivity contribution in [1.29, 1.82) is 0 Å². The number of hydrogen-bond donors (Lipinski definition) is 0. The minimum atomic E-state index is -0.717. The number of para-hydroxylation sites is 3. The average molecular weight is 1010 g/mol. The molecule has 0 N–H and O–H groups in total. The number of anilines is 3. The molecule has 2 fully saturated rings. The lowest BCUT2D eigenvalue weighted by molar-refractivity contribution is 0.424. The third kappa shape index (κ3) is 6.71. The number of hydrogen-bond acceptors (Lipinski definition) is 4. The van der Waals surface area contributed by atoms with E-state index in [4.69, 9.17) is 13.9 Å². The van der Waals surface area contributed by atoms with Crippen LogP contribution in [0.15, 0.2) is 229 Å². The zero-order valence-electron chi connectivity index (χ0n) is 43.8. The summed E-state index contributed by atoms with van der Waals surface area (Å²) in [7, 11) is 0. The molecule has 2 saturated carbocycles. The Balaban J connectivity index is 0.985. The highest BCUT2D eigenvalue weighted by atomic mass is 16.5. The molecule has 16 rings (SSSR count). The van der Waals surface area contributed by atoms with E-state index in [1.54, 1.807) is 0 Å². The summed E-state index contributed by atoms with van der Waals surface area (Å²) < 4.78 is 21.3. The minimum Gasteiger partial charge on any atom is -0.457 e. The quantitative estimate of drug-likeness (QED) is 0.159. The zero-order chi connectivity index (χ0) is 51.4. The van der Waals surface area contributed by atoms with Gasteiger partial charge in [0.05, 0.1) is 16.5 Å². The highest BCUT2D eigenvalue weighted by Crippen LogP contribution is 2.64. The van der Waals surface area contributed by atoms with Crippen LogP contribution in [0.25, 0.3) is 33.1 Å². The van der Waals surface area contributed by atoms with Gasteiger partial charge in [-0.05, 0) is 143 Å². The predicted octanol–water partition coefficient (Wildman–Crippen LogP) is 20.1. The summed E-state index contributed by atoms with van der Waals surface area (Å²) in [5.41, 5.74) is 18.3. The second kappa shape index (κ2) is 18.0. The Morgan fingerprint density at radius 3 is 1.51 bits per heavy atom. The van der Waals surface area contributed by atoms with Crippen LogP contribution in [0.4, 0.5) is 17.1 Å².